The molecule has 0 N–H and O–H groups in total. The second-order valence-electron chi connectivity index (χ2n) is 5.58. The Labute approximate surface area is 144 Å². The van der Waals surface area contributed by atoms with E-state index in [1.807, 2.05) is 28.2 Å². The summed E-state index contributed by atoms with van der Waals surface area (Å²) in [4.78, 5) is 5.91. The summed E-state index contributed by atoms with van der Waals surface area (Å²) in [6, 6.07) is 16.6. The van der Waals surface area contributed by atoms with Crippen molar-refractivity contribution in [1.82, 2.24) is 0 Å². The van der Waals surface area contributed by atoms with Gasteiger partial charge < -0.3 is 9.80 Å². The molecule has 2 aromatic carbocycles. The minimum absolute atomic E-state index is 0.881. The molecule has 0 aliphatic rings. The first-order valence-electron chi connectivity index (χ1n) is 7.08. The zero-order valence-corrected chi connectivity index (χ0v) is 15.2. The summed E-state index contributed by atoms with van der Waals surface area (Å²) in [6.07, 6.45) is 0. The zero-order chi connectivity index (χ0) is 16.3. The molecular weight excluding hydrogens is 308 g/mol. The minimum Gasteiger partial charge on any atom is -0.378 e. The van der Waals surface area contributed by atoms with Gasteiger partial charge in [0.25, 0.3) is 0 Å². The van der Waals surface area contributed by atoms with Gasteiger partial charge in [-0.1, -0.05) is 24.3 Å². The summed E-state index contributed by atoms with van der Waals surface area (Å²) in [5.74, 6) is 0. The monoisotopic (exact) mass is 330 g/mol. The Morgan fingerprint density at radius 2 is 0.864 bits per heavy atom. The largest absolute Gasteiger partial charge is 0.378 e. The number of anilines is 2. The lowest BCUT2D eigenvalue weighted by Gasteiger charge is -2.14. The number of thiol groups is 2. The molecule has 0 aromatic heterocycles. The van der Waals surface area contributed by atoms with Gasteiger partial charge in [0.1, 0.15) is 0 Å². The van der Waals surface area contributed by atoms with Crippen molar-refractivity contribution >= 4 is 46.4 Å². The van der Waals surface area contributed by atoms with Crippen molar-refractivity contribution in [3.05, 3.63) is 59.7 Å². The summed E-state index contributed by atoms with van der Waals surface area (Å²) in [7, 11) is 8.12. The molecule has 2 rings (SSSR count). The predicted octanol–water partition coefficient (Wildman–Crippen LogP) is 4.50. The molecule has 0 radical (unpaired) electrons. The Morgan fingerprint density at radius 1 is 0.591 bits per heavy atom. The van der Waals surface area contributed by atoms with E-state index in [0.717, 1.165) is 20.9 Å². The van der Waals surface area contributed by atoms with E-state index in [9.17, 15) is 0 Å². The van der Waals surface area contributed by atoms with Crippen LogP contribution in [0.2, 0.25) is 0 Å². The highest BCUT2D eigenvalue weighted by Gasteiger charge is 2.06. The van der Waals surface area contributed by atoms with Gasteiger partial charge in [0.15, 0.2) is 0 Å². The molecule has 0 aliphatic carbocycles. The van der Waals surface area contributed by atoms with Gasteiger partial charge in [-0.2, -0.15) is 0 Å². The molecule has 0 bridgehead atoms. The molecule has 0 amide bonds. The average molecular weight is 331 g/mol. The van der Waals surface area contributed by atoms with Gasteiger partial charge in [-0.15, -0.1) is 25.3 Å². The maximum Gasteiger partial charge on any atom is 0.0361 e. The minimum atomic E-state index is 0.881. The first kappa shape index (κ1) is 16.8. The number of rotatable bonds is 4. The van der Waals surface area contributed by atoms with Crippen LogP contribution in [0.15, 0.2) is 48.5 Å². The molecule has 0 unspecified atom stereocenters. The molecule has 116 valence electrons. The highest BCUT2D eigenvalue weighted by molar-refractivity contribution is 7.96. The molecule has 0 atom stereocenters. The number of hydrogen-bond acceptors (Lipinski definition) is 4. The van der Waals surface area contributed by atoms with Crippen LogP contribution in [0.1, 0.15) is 11.1 Å². The summed E-state index contributed by atoms with van der Waals surface area (Å²) in [5, 5.41) is 0. The molecule has 2 nitrogen and oxygen atoms in total. The first-order chi connectivity index (χ1) is 10.4. The molecule has 0 saturated heterocycles. The number of benzene rings is 2. The van der Waals surface area contributed by atoms with Crippen LogP contribution in [0.4, 0.5) is 11.4 Å². The molecule has 0 fully saturated rings. The highest BCUT2D eigenvalue weighted by Crippen LogP contribution is 2.33. The van der Waals surface area contributed by atoms with Crippen molar-refractivity contribution in [1.29, 1.82) is 0 Å². The lowest BCUT2D eigenvalue weighted by Crippen LogP contribution is -2.08. The fraction of sp³-hybridized carbons (Fsp3) is 0.222. The molecule has 22 heavy (non-hydrogen) atoms. The van der Waals surface area contributed by atoms with Crippen LogP contribution in [0.3, 0.4) is 0 Å². The Bertz CT molecular complexity index is 597. The van der Waals surface area contributed by atoms with Gasteiger partial charge in [-0.05, 0) is 35.4 Å². The molecule has 4 heteroatoms. The lowest BCUT2D eigenvalue weighted by atomic mass is 10.1. The van der Waals surface area contributed by atoms with E-state index in [0.29, 0.717) is 0 Å². The van der Waals surface area contributed by atoms with Crippen molar-refractivity contribution in [3.8, 4) is 0 Å². The highest BCUT2D eigenvalue weighted by atomic mass is 32.1. The van der Waals surface area contributed by atoms with Crippen molar-refractivity contribution in [3.63, 3.8) is 0 Å². The van der Waals surface area contributed by atoms with Crippen molar-refractivity contribution < 1.29 is 0 Å². The predicted molar refractivity (Wildman–Crippen MR) is 106 cm³/mol. The van der Waals surface area contributed by atoms with E-state index >= 15 is 0 Å². The van der Waals surface area contributed by atoms with E-state index in [1.165, 1.54) is 11.4 Å². The van der Waals surface area contributed by atoms with E-state index in [4.69, 9.17) is 0 Å². The maximum atomic E-state index is 4.66. The number of hydrogen-bond donors (Lipinski definition) is 2. The van der Waals surface area contributed by atoms with Crippen LogP contribution >= 0.6 is 25.3 Å². The van der Waals surface area contributed by atoms with Crippen LogP contribution < -0.4 is 9.80 Å². The third-order valence-electron chi connectivity index (χ3n) is 3.54. The molecular formula is C18H22N2S2. The Kier molecular flexibility index (Phi) is 5.48. The smallest absolute Gasteiger partial charge is 0.0361 e. The van der Waals surface area contributed by atoms with Crippen LogP contribution in [-0.4, -0.2) is 28.2 Å². The fourth-order valence-electron chi connectivity index (χ4n) is 2.11. The van der Waals surface area contributed by atoms with Crippen LogP contribution in [0, 0.1) is 0 Å². The maximum absolute atomic E-state index is 4.66. The fourth-order valence-corrected chi connectivity index (χ4v) is 2.66. The van der Waals surface area contributed by atoms with E-state index < -0.39 is 0 Å². The lowest BCUT2D eigenvalue weighted by molar-refractivity contribution is 1.13. The van der Waals surface area contributed by atoms with Gasteiger partial charge in [-0.25, -0.2) is 0 Å². The van der Waals surface area contributed by atoms with Crippen LogP contribution in [0.25, 0.3) is 9.81 Å². The van der Waals surface area contributed by atoms with Crippen molar-refractivity contribution in [2.75, 3.05) is 38.0 Å². The van der Waals surface area contributed by atoms with E-state index in [1.54, 1.807) is 0 Å². The van der Waals surface area contributed by atoms with Crippen LogP contribution in [-0.2, 0) is 0 Å². The Hall–Kier alpha value is -1.52. The Morgan fingerprint density at radius 3 is 1.09 bits per heavy atom. The van der Waals surface area contributed by atoms with Crippen molar-refractivity contribution in [2.24, 2.45) is 0 Å². The topological polar surface area (TPSA) is 6.48 Å². The number of nitrogens with zero attached hydrogens (tertiary/aromatic N) is 2. The average Bonchev–Trinajstić information content (AvgIpc) is 2.53. The van der Waals surface area contributed by atoms with E-state index in [-0.39, 0.29) is 0 Å². The summed E-state index contributed by atoms with van der Waals surface area (Å²) in [6.45, 7) is 0. The molecule has 0 spiro atoms. The summed E-state index contributed by atoms with van der Waals surface area (Å²) >= 11 is 9.32. The van der Waals surface area contributed by atoms with Gasteiger partial charge in [0, 0.05) is 49.4 Å². The van der Waals surface area contributed by atoms with Gasteiger partial charge in [0.05, 0.1) is 0 Å². The van der Waals surface area contributed by atoms with Gasteiger partial charge in [-0.3, -0.25) is 0 Å². The molecule has 0 aliphatic heterocycles. The van der Waals surface area contributed by atoms with Gasteiger partial charge >= 0.3 is 0 Å². The third kappa shape index (κ3) is 3.81. The van der Waals surface area contributed by atoms with E-state index in [2.05, 4.69) is 83.6 Å². The van der Waals surface area contributed by atoms with Crippen LogP contribution in [0.5, 0.6) is 0 Å². The second-order valence-corrected chi connectivity index (χ2v) is 6.47. The summed E-state index contributed by atoms with van der Waals surface area (Å²) in [5.41, 5.74) is 4.47. The SMILES string of the molecule is CN(C)c1ccc(C(S)=C(S)c2ccc(N(C)C)cc2)cc1. The second kappa shape index (κ2) is 7.16. The molecule has 2 aromatic rings. The first-order valence-corrected chi connectivity index (χ1v) is 7.97. The molecule has 0 heterocycles. The van der Waals surface area contributed by atoms with Gasteiger partial charge in [0.2, 0.25) is 0 Å². The molecule has 0 saturated carbocycles. The summed E-state index contributed by atoms with van der Waals surface area (Å²) < 4.78 is 0. The Balaban J connectivity index is 2.31. The normalized spacial score (nSPS) is 11.9. The third-order valence-corrected chi connectivity index (χ3v) is 4.68. The standard InChI is InChI=1S/C18H22N2S2/c1-19(2)15-9-5-13(6-10-15)17(21)18(22)14-7-11-16(12-8-14)20(3)4/h5-12,21-22H,1-4H3. The zero-order valence-electron chi connectivity index (χ0n) is 13.4. The quantitative estimate of drug-likeness (QED) is 0.629. The van der Waals surface area contributed by atoms with Crippen molar-refractivity contribution in [2.45, 2.75) is 0 Å².